The van der Waals surface area contributed by atoms with Crippen molar-refractivity contribution < 1.29 is 18.7 Å². The Hall–Kier alpha value is -1.92. The van der Waals surface area contributed by atoms with Crippen LogP contribution < -0.4 is 14.8 Å². The molecule has 0 saturated carbocycles. The highest BCUT2D eigenvalue weighted by molar-refractivity contribution is 7.99. The summed E-state index contributed by atoms with van der Waals surface area (Å²) < 4.78 is 24.4. The van der Waals surface area contributed by atoms with E-state index in [1.54, 1.807) is 19.2 Å². The van der Waals surface area contributed by atoms with Gasteiger partial charge in [0.1, 0.15) is 23.9 Å². The van der Waals surface area contributed by atoms with Crippen molar-refractivity contribution in [1.29, 1.82) is 0 Å². The van der Waals surface area contributed by atoms with Gasteiger partial charge in [-0.15, -0.1) is 11.8 Å². The highest BCUT2D eigenvalue weighted by Crippen LogP contribution is 2.19. The molecule has 1 amide bonds. The molecule has 26 heavy (non-hydrogen) atoms. The van der Waals surface area contributed by atoms with Gasteiger partial charge in [-0.3, -0.25) is 4.79 Å². The summed E-state index contributed by atoms with van der Waals surface area (Å²) in [6.07, 6.45) is 0. The fourth-order valence-electron chi connectivity index (χ4n) is 2.14. The number of carbonyl (C=O) groups is 1. The summed E-state index contributed by atoms with van der Waals surface area (Å²) in [6.45, 7) is 2.22. The maximum Gasteiger partial charge on any atom is 0.230 e. The van der Waals surface area contributed by atoms with Crippen molar-refractivity contribution >= 4 is 29.3 Å². The van der Waals surface area contributed by atoms with Gasteiger partial charge in [0, 0.05) is 10.8 Å². The van der Waals surface area contributed by atoms with E-state index in [1.165, 1.54) is 17.8 Å². The Morgan fingerprint density at radius 3 is 2.58 bits per heavy atom. The van der Waals surface area contributed by atoms with Crippen LogP contribution in [0.15, 0.2) is 42.5 Å². The number of ether oxygens (including phenoxy) is 2. The van der Waals surface area contributed by atoms with E-state index in [2.05, 4.69) is 5.32 Å². The highest BCUT2D eigenvalue weighted by Gasteiger charge is 2.10. The van der Waals surface area contributed by atoms with Crippen molar-refractivity contribution in [3.8, 4) is 11.5 Å². The average molecular weight is 398 g/mol. The number of hydrogen-bond donors (Lipinski definition) is 1. The van der Waals surface area contributed by atoms with E-state index in [9.17, 15) is 9.18 Å². The van der Waals surface area contributed by atoms with E-state index >= 15 is 0 Å². The summed E-state index contributed by atoms with van der Waals surface area (Å²) in [5, 5.41) is 3.22. The summed E-state index contributed by atoms with van der Waals surface area (Å²) in [5.41, 5.74) is 0.531. The lowest BCUT2D eigenvalue weighted by molar-refractivity contribution is -0.119. The van der Waals surface area contributed by atoms with Gasteiger partial charge >= 0.3 is 0 Å². The fourth-order valence-corrected chi connectivity index (χ4v) is 3.13. The van der Waals surface area contributed by atoms with Crippen LogP contribution in [0.1, 0.15) is 12.5 Å². The van der Waals surface area contributed by atoms with Crippen LogP contribution in [0.4, 0.5) is 4.39 Å². The number of halogens is 2. The molecule has 0 aliphatic heterocycles. The molecule has 2 aromatic rings. The molecular formula is C19H21ClFNO3S. The molecule has 0 spiro atoms. The van der Waals surface area contributed by atoms with E-state index in [-0.39, 0.29) is 23.5 Å². The number of rotatable bonds is 9. The van der Waals surface area contributed by atoms with E-state index in [0.717, 1.165) is 5.75 Å². The van der Waals surface area contributed by atoms with Crippen LogP contribution in [0.5, 0.6) is 11.5 Å². The topological polar surface area (TPSA) is 47.6 Å². The van der Waals surface area contributed by atoms with Gasteiger partial charge in [0.25, 0.3) is 0 Å². The first-order chi connectivity index (χ1) is 12.5. The van der Waals surface area contributed by atoms with Crippen LogP contribution in [0.2, 0.25) is 5.02 Å². The average Bonchev–Trinajstić information content (AvgIpc) is 2.62. The van der Waals surface area contributed by atoms with Crippen molar-refractivity contribution in [2.75, 3.05) is 19.5 Å². The predicted octanol–water partition coefficient (Wildman–Crippen LogP) is 4.30. The molecule has 0 unspecified atom stereocenters. The summed E-state index contributed by atoms with van der Waals surface area (Å²) >= 11 is 7.06. The van der Waals surface area contributed by atoms with Crippen LogP contribution in [-0.2, 0) is 10.5 Å². The number of carbonyl (C=O) groups excluding carboxylic acids is 1. The third kappa shape index (κ3) is 6.77. The standard InChI is InChI=1S/C19H21ClFNO3S/c1-13(10-25-17-7-5-16(24-2)6-8-17)22-19(23)12-26-11-14-3-4-15(20)9-18(14)21/h3-9,13H,10-12H2,1-2H3,(H,22,23)/t13-/m0/s1. The molecule has 0 aliphatic rings. The van der Waals surface area contributed by atoms with Crippen LogP contribution >= 0.6 is 23.4 Å². The molecule has 0 radical (unpaired) electrons. The Morgan fingerprint density at radius 2 is 1.92 bits per heavy atom. The van der Waals surface area contributed by atoms with Crippen LogP contribution in [-0.4, -0.2) is 31.4 Å². The summed E-state index contributed by atoms with van der Waals surface area (Å²) in [5.74, 6) is 1.65. The molecule has 2 rings (SSSR count). The summed E-state index contributed by atoms with van der Waals surface area (Å²) in [4.78, 5) is 12.0. The van der Waals surface area contributed by atoms with Gasteiger partial charge in [0.05, 0.1) is 18.9 Å². The van der Waals surface area contributed by atoms with Crippen molar-refractivity contribution in [3.05, 3.63) is 58.9 Å². The van der Waals surface area contributed by atoms with E-state index in [0.29, 0.717) is 28.7 Å². The molecule has 1 N–H and O–H groups in total. The minimum atomic E-state index is -0.355. The van der Waals surface area contributed by atoms with Crippen LogP contribution in [0.3, 0.4) is 0 Å². The first-order valence-electron chi connectivity index (χ1n) is 8.06. The van der Waals surface area contributed by atoms with E-state index in [1.807, 2.05) is 31.2 Å². The van der Waals surface area contributed by atoms with E-state index in [4.69, 9.17) is 21.1 Å². The molecule has 0 aromatic heterocycles. The second kappa shape index (κ2) is 10.3. The fraction of sp³-hybridized carbons (Fsp3) is 0.316. The van der Waals surface area contributed by atoms with Gasteiger partial charge in [-0.1, -0.05) is 17.7 Å². The van der Waals surface area contributed by atoms with Crippen LogP contribution in [0.25, 0.3) is 0 Å². The van der Waals surface area contributed by atoms with Crippen molar-refractivity contribution in [2.24, 2.45) is 0 Å². The Labute approximate surface area is 162 Å². The minimum Gasteiger partial charge on any atom is -0.497 e. The molecule has 0 bridgehead atoms. The van der Waals surface area contributed by atoms with Gasteiger partial charge in [0.2, 0.25) is 5.91 Å². The van der Waals surface area contributed by atoms with Crippen LogP contribution in [0, 0.1) is 5.82 Å². The molecule has 140 valence electrons. The number of nitrogens with one attached hydrogen (secondary N) is 1. The van der Waals surface area contributed by atoms with E-state index < -0.39 is 0 Å². The second-order valence-corrected chi connectivity index (χ2v) is 7.11. The molecule has 0 heterocycles. The molecule has 7 heteroatoms. The van der Waals surface area contributed by atoms with Crippen molar-refractivity contribution in [2.45, 2.75) is 18.7 Å². The molecular weight excluding hydrogens is 377 g/mol. The summed E-state index contributed by atoms with van der Waals surface area (Å²) in [6, 6.07) is 11.6. The maximum atomic E-state index is 13.7. The van der Waals surface area contributed by atoms with Crippen molar-refractivity contribution in [1.82, 2.24) is 5.32 Å². The quantitative estimate of drug-likeness (QED) is 0.685. The number of methoxy groups -OCH3 is 1. The number of amides is 1. The zero-order valence-corrected chi connectivity index (χ0v) is 16.2. The maximum absolute atomic E-state index is 13.7. The van der Waals surface area contributed by atoms with Crippen molar-refractivity contribution in [3.63, 3.8) is 0 Å². The number of thioether (sulfide) groups is 1. The first-order valence-corrected chi connectivity index (χ1v) is 9.59. The van der Waals surface area contributed by atoms with Gasteiger partial charge in [-0.05, 0) is 48.9 Å². The Kier molecular flexibility index (Phi) is 8.06. The predicted molar refractivity (Wildman–Crippen MR) is 104 cm³/mol. The molecule has 0 saturated heterocycles. The largest absolute Gasteiger partial charge is 0.497 e. The lowest BCUT2D eigenvalue weighted by atomic mass is 10.2. The van der Waals surface area contributed by atoms with Gasteiger partial charge in [-0.2, -0.15) is 0 Å². The first kappa shape index (κ1) is 20.4. The Morgan fingerprint density at radius 1 is 1.23 bits per heavy atom. The Balaban J connectivity index is 1.67. The second-order valence-electron chi connectivity index (χ2n) is 5.68. The lowest BCUT2D eigenvalue weighted by Gasteiger charge is -2.15. The Bertz CT molecular complexity index is 727. The lowest BCUT2D eigenvalue weighted by Crippen LogP contribution is -2.37. The van der Waals surface area contributed by atoms with Gasteiger partial charge < -0.3 is 14.8 Å². The smallest absolute Gasteiger partial charge is 0.230 e. The van der Waals surface area contributed by atoms with Gasteiger partial charge in [0.15, 0.2) is 0 Å². The molecule has 0 fully saturated rings. The minimum absolute atomic E-state index is 0.116. The summed E-state index contributed by atoms with van der Waals surface area (Å²) in [7, 11) is 1.60. The van der Waals surface area contributed by atoms with Gasteiger partial charge in [-0.25, -0.2) is 4.39 Å². The monoisotopic (exact) mass is 397 g/mol. The zero-order chi connectivity index (χ0) is 18.9. The zero-order valence-electron chi connectivity index (χ0n) is 14.6. The third-order valence-corrected chi connectivity index (χ3v) is 4.69. The third-order valence-electron chi connectivity index (χ3n) is 3.47. The SMILES string of the molecule is COc1ccc(OC[C@H](C)NC(=O)CSCc2ccc(Cl)cc2F)cc1. The highest BCUT2D eigenvalue weighted by atomic mass is 35.5. The number of hydrogen-bond acceptors (Lipinski definition) is 4. The molecule has 1 atom stereocenters. The molecule has 0 aliphatic carbocycles. The number of benzene rings is 2. The molecule has 4 nitrogen and oxygen atoms in total. The molecule has 2 aromatic carbocycles. The normalized spacial score (nSPS) is 11.7.